The van der Waals surface area contributed by atoms with E-state index in [1.54, 1.807) is 35.6 Å². The van der Waals surface area contributed by atoms with E-state index in [1.807, 2.05) is 17.5 Å². The lowest BCUT2D eigenvalue weighted by Crippen LogP contribution is -2.11. The van der Waals surface area contributed by atoms with Crippen LogP contribution in [-0.2, 0) is 0 Å². The van der Waals surface area contributed by atoms with Crippen molar-refractivity contribution in [1.82, 2.24) is 4.98 Å². The number of amides is 1. The van der Waals surface area contributed by atoms with Gasteiger partial charge in [0, 0.05) is 4.90 Å². The number of carbonyl (C=O) groups is 1. The molecular weight excluding hydrogens is 358 g/mol. The van der Waals surface area contributed by atoms with Crippen LogP contribution in [0, 0.1) is 0 Å². The number of thiophene rings is 1. The molecule has 0 radical (unpaired) electrons. The number of carbonyl (C=O) groups excluding carboxylic acids is 1. The van der Waals surface area contributed by atoms with E-state index >= 15 is 0 Å². The molecule has 118 valence electrons. The van der Waals surface area contributed by atoms with Crippen LogP contribution in [0.3, 0.4) is 0 Å². The molecule has 0 saturated heterocycles. The lowest BCUT2D eigenvalue weighted by Gasteiger charge is -2.09. The summed E-state index contributed by atoms with van der Waals surface area (Å²) in [5.41, 5.74) is 0.369. The fourth-order valence-corrected chi connectivity index (χ4v) is 4.06. The first kappa shape index (κ1) is 16.1. The quantitative estimate of drug-likeness (QED) is 0.610. The van der Waals surface area contributed by atoms with Crippen LogP contribution in [0.1, 0.15) is 9.67 Å². The Bertz CT molecular complexity index is 803. The molecule has 0 bridgehead atoms. The fourth-order valence-electron chi connectivity index (χ4n) is 1.85. The molecule has 1 amide bonds. The molecule has 0 atom stereocenters. The van der Waals surface area contributed by atoms with E-state index in [9.17, 15) is 13.6 Å². The summed E-state index contributed by atoms with van der Waals surface area (Å²) in [5, 5.41) is 5.37. The van der Waals surface area contributed by atoms with Crippen LogP contribution in [0.5, 0.6) is 0 Å². The Morgan fingerprint density at radius 2 is 2.04 bits per heavy atom. The third-order valence-electron chi connectivity index (χ3n) is 2.81. The zero-order chi connectivity index (χ0) is 16.2. The number of benzene rings is 1. The van der Waals surface area contributed by atoms with Crippen molar-refractivity contribution in [3.8, 4) is 9.88 Å². The topological polar surface area (TPSA) is 42.0 Å². The smallest absolute Gasteiger partial charge is 0.288 e. The van der Waals surface area contributed by atoms with E-state index in [0.29, 0.717) is 27.2 Å². The molecule has 0 unspecified atom stereocenters. The summed E-state index contributed by atoms with van der Waals surface area (Å²) in [6.07, 6.45) is 1.50. The van der Waals surface area contributed by atoms with Gasteiger partial charge < -0.3 is 5.32 Å². The van der Waals surface area contributed by atoms with Gasteiger partial charge in [-0.1, -0.05) is 30.0 Å². The average molecular weight is 368 g/mol. The Morgan fingerprint density at radius 3 is 2.78 bits per heavy atom. The normalized spacial score (nSPS) is 10.9. The van der Waals surface area contributed by atoms with Crippen molar-refractivity contribution in [2.24, 2.45) is 0 Å². The van der Waals surface area contributed by atoms with Gasteiger partial charge >= 0.3 is 0 Å². The number of hydrogen-bond donors (Lipinski definition) is 1. The van der Waals surface area contributed by atoms with Crippen LogP contribution < -0.4 is 5.32 Å². The highest BCUT2D eigenvalue weighted by atomic mass is 32.2. The highest BCUT2D eigenvalue weighted by Gasteiger charge is 2.15. The minimum absolute atomic E-state index is 0.332. The number of para-hydroxylation sites is 1. The van der Waals surface area contributed by atoms with Gasteiger partial charge in [-0.25, -0.2) is 4.98 Å². The molecule has 0 aliphatic carbocycles. The van der Waals surface area contributed by atoms with Crippen molar-refractivity contribution < 1.29 is 13.6 Å². The summed E-state index contributed by atoms with van der Waals surface area (Å²) in [6, 6.07) is 10.3. The van der Waals surface area contributed by atoms with Crippen LogP contribution in [-0.4, -0.2) is 16.6 Å². The Labute approximate surface area is 143 Å². The monoisotopic (exact) mass is 368 g/mol. The van der Waals surface area contributed by atoms with Crippen molar-refractivity contribution in [3.05, 3.63) is 52.9 Å². The number of alkyl halides is 2. The summed E-state index contributed by atoms with van der Waals surface area (Å²) in [6.45, 7) is 0. The molecule has 2 heterocycles. The maximum absolute atomic E-state index is 12.6. The second-order valence-corrected chi connectivity index (χ2v) is 7.35. The molecule has 0 fully saturated rings. The fraction of sp³-hybridized carbons (Fsp3) is 0.0667. The number of aromatic nitrogens is 1. The van der Waals surface area contributed by atoms with E-state index in [1.165, 1.54) is 17.5 Å². The van der Waals surface area contributed by atoms with E-state index in [-0.39, 0.29) is 5.91 Å². The maximum Gasteiger partial charge on any atom is 0.288 e. The summed E-state index contributed by atoms with van der Waals surface area (Å²) in [7, 11) is 0. The van der Waals surface area contributed by atoms with Crippen molar-refractivity contribution >= 4 is 46.0 Å². The highest BCUT2D eigenvalue weighted by molar-refractivity contribution is 7.99. The first-order valence-corrected chi connectivity index (χ1v) is 9.06. The highest BCUT2D eigenvalue weighted by Crippen LogP contribution is 2.33. The lowest BCUT2D eigenvalue weighted by atomic mass is 10.3. The summed E-state index contributed by atoms with van der Waals surface area (Å²) < 4.78 is 25.1. The van der Waals surface area contributed by atoms with Crippen LogP contribution in [0.25, 0.3) is 9.88 Å². The van der Waals surface area contributed by atoms with Crippen molar-refractivity contribution in [2.75, 3.05) is 5.32 Å². The van der Waals surface area contributed by atoms with Crippen molar-refractivity contribution in [3.63, 3.8) is 0 Å². The second kappa shape index (κ2) is 7.20. The largest absolute Gasteiger partial charge is 0.320 e. The second-order valence-electron chi connectivity index (χ2n) is 4.34. The maximum atomic E-state index is 12.6. The van der Waals surface area contributed by atoms with Crippen molar-refractivity contribution in [1.29, 1.82) is 0 Å². The van der Waals surface area contributed by atoms with Crippen LogP contribution >= 0.6 is 34.4 Å². The number of nitrogens with zero attached hydrogens (tertiary/aromatic N) is 1. The molecule has 23 heavy (non-hydrogen) atoms. The molecule has 3 rings (SSSR count). The zero-order valence-corrected chi connectivity index (χ0v) is 14.0. The Kier molecular flexibility index (Phi) is 5.04. The SMILES string of the molecule is O=C(Nc1ccccc1SC(F)F)c1cnc(-c2cccs2)s1. The predicted octanol–water partition coefficient (Wildman–Crippen LogP) is 5.44. The average Bonchev–Trinajstić information content (AvgIpc) is 3.19. The van der Waals surface area contributed by atoms with Crippen molar-refractivity contribution in [2.45, 2.75) is 10.7 Å². The minimum atomic E-state index is -2.54. The Morgan fingerprint density at radius 1 is 1.22 bits per heavy atom. The predicted molar refractivity (Wildman–Crippen MR) is 91.7 cm³/mol. The van der Waals surface area contributed by atoms with E-state index < -0.39 is 5.76 Å². The van der Waals surface area contributed by atoms with Gasteiger partial charge in [-0.05, 0) is 23.6 Å². The third kappa shape index (κ3) is 3.95. The number of halogens is 2. The molecule has 2 aromatic heterocycles. The number of anilines is 1. The van der Waals surface area contributed by atoms with Gasteiger partial charge in [-0.2, -0.15) is 8.78 Å². The minimum Gasteiger partial charge on any atom is -0.320 e. The van der Waals surface area contributed by atoms with Crippen LogP contribution in [0.4, 0.5) is 14.5 Å². The number of thiazole rings is 1. The Hall–Kier alpha value is -1.77. The molecule has 1 aromatic carbocycles. The van der Waals surface area contributed by atoms with Crippen LogP contribution in [0.2, 0.25) is 0 Å². The first-order chi connectivity index (χ1) is 11.1. The van der Waals surface area contributed by atoms with Gasteiger partial charge in [0.05, 0.1) is 16.8 Å². The number of hydrogen-bond acceptors (Lipinski definition) is 5. The van der Waals surface area contributed by atoms with Gasteiger partial charge in [0.15, 0.2) is 0 Å². The summed E-state index contributed by atoms with van der Waals surface area (Å²) in [5.74, 6) is -2.89. The number of thioether (sulfide) groups is 1. The zero-order valence-electron chi connectivity index (χ0n) is 11.5. The summed E-state index contributed by atoms with van der Waals surface area (Å²) >= 11 is 3.22. The standard InChI is InChI=1S/C15H10F2N2OS3/c16-15(17)23-10-5-2-1-4-9(10)19-13(20)12-8-18-14(22-12)11-6-3-7-21-11/h1-8,15H,(H,19,20). The molecule has 3 aromatic rings. The number of nitrogens with one attached hydrogen (secondary N) is 1. The van der Waals surface area contributed by atoms with Gasteiger partial charge in [-0.15, -0.1) is 22.7 Å². The molecule has 3 nitrogen and oxygen atoms in total. The molecule has 1 N–H and O–H groups in total. The number of rotatable bonds is 5. The van der Waals surface area contributed by atoms with Gasteiger partial charge in [-0.3, -0.25) is 4.79 Å². The van der Waals surface area contributed by atoms with E-state index in [4.69, 9.17) is 0 Å². The molecule has 8 heteroatoms. The van der Waals surface area contributed by atoms with Gasteiger partial charge in [0.1, 0.15) is 9.88 Å². The first-order valence-electron chi connectivity index (χ1n) is 6.48. The molecule has 0 aliphatic rings. The third-order valence-corrected chi connectivity index (χ3v) is 5.64. The summed E-state index contributed by atoms with van der Waals surface area (Å²) in [4.78, 5) is 18.3. The van der Waals surface area contributed by atoms with Crippen LogP contribution in [0.15, 0.2) is 52.9 Å². The molecule has 0 saturated carbocycles. The van der Waals surface area contributed by atoms with E-state index in [2.05, 4.69) is 10.3 Å². The van der Waals surface area contributed by atoms with E-state index in [0.717, 1.165) is 9.88 Å². The van der Waals surface area contributed by atoms with Gasteiger partial charge in [0.2, 0.25) is 0 Å². The molecule has 0 aliphatic heterocycles. The lowest BCUT2D eigenvalue weighted by molar-refractivity contribution is 0.103. The van der Waals surface area contributed by atoms with Gasteiger partial charge in [0.25, 0.3) is 11.7 Å². The molecule has 0 spiro atoms. The Balaban J connectivity index is 1.77. The molecular formula is C15H10F2N2OS3.